The predicted octanol–water partition coefficient (Wildman–Crippen LogP) is 0.983. The van der Waals surface area contributed by atoms with Crippen LogP contribution in [0.2, 0.25) is 0 Å². The average molecular weight is 372 g/mol. The summed E-state index contributed by atoms with van der Waals surface area (Å²) in [5, 5.41) is 9.64. The lowest BCUT2D eigenvalue weighted by Gasteiger charge is -2.47. The highest BCUT2D eigenvalue weighted by Gasteiger charge is 2.36. The maximum Gasteiger partial charge on any atom is 0.341 e. The first kappa shape index (κ1) is 17.2. The van der Waals surface area contributed by atoms with Crippen LogP contribution >= 0.6 is 0 Å². The molecule has 0 spiro atoms. The van der Waals surface area contributed by atoms with Crippen molar-refractivity contribution in [3.05, 3.63) is 46.0 Å². The zero-order chi connectivity index (χ0) is 19.5. The van der Waals surface area contributed by atoms with E-state index in [1.165, 1.54) is 19.2 Å². The Kier molecular flexibility index (Phi) is 3.60. The van der Waals surface area contributed by atoms with E-state index in [0.29, 0.717) is 29.7 Å². The van der Waals surface area contributed by atoms with Crippen molar-refractivity contribution in [3.8, 4) is 0 Å². The fraction of sp³-hybridized carbons (Fsp3) is 0.278. The standard InChI is InChI=1S/C18H17FN4O4/c1-18(20)7-22(8-18)14-5-13-9(4-12(14)19)3-10-15(24)11(17(25)26)6-23(27-2)16(10)21-13/h3-6H,7-8,20H2,1-2H3,(H,25,26). The number of carbonyl (C=O) groups is 1. The van der Waals surface area contributed by atoms with E-state index in [1.807, 2.05) is 11.8 Å². The number of fused-ring (bicyclic) bond motifs is 2. The minimum absolute atomic E-state index is 0.0369. The molecule has 0 atom stereocenters. The summed E-state index contributed by atoms with van der Waals surface area (Å²) in [6, 6.07) is 4.31. The van der Waals surface area contributed by atoms with Crippen molar-refractivity contribution in [1.29, 1.82) is 0 Å². The van der Waals surface area contributed by atoms with Crippen LogP contribution < -0.4 is 20.9 Å². The monoisotopic (exact) mass is 372 g/mol. The van der Waals surface area contributed by atoms with Gasteiger partial charge in [-0.2, -0.15) is 4.73 Å². The van der Waals surface area contributed by atoms with Crippen LogP contribution in [-0.2, 0) is 0 Å². The molecule has 0 amide bonds. The van der Waals surface area contributed by atoms with Gasteiger partial charge in [-0.15, -0.1) is 0 Å². The normalized spacial score (nSPS) is 15.8. The minimum Gasteiger partial charge on any atom is -0.477 e. The van der Waals surface area contributed by atoms with Crippen molar-refractivity contribution in [3.63, 3.8) is 0 Å². The Labute approximate surface area is 152 Å². The molecule has 0 bridgehead atoms. The Balaban J connectivity index is 1.96. The van der Waals surface area contributed by atoms with E-state index in [2.05, 4.69) is 4.98 Å². The Morgan fingerprint density at radius 2 is 2.07 bits per heavy atom. The first-order chi connectivity index (χ1) is 12.7. The molecule has 1 fully saturated rings. The van der Waals surface area contributed by atoms with E-state index in [9.17, 15) is 19.1 Å². The van der Waals surface area contributed by atoms with Gasteiger partial charge in [-0.05, 0) is 25.1 Å². The smallest absolute Gasteiger partial charge is 0.341 e. The molecule has 0 saturated carbocycles. The van der Waals surface area contributed by atoms with Gasteiger partial charge in [0.1, 0.15) is 18.5 Å². The maximum atomic E-state index is 14.6. The van der Waals surface area contributed by atoms with Gasteiger partial charge in [-0.3, -0.25) is 4.79 Å². The number of benzene rings is 1. The molecule has 8 nitrogen and oxygen atoms in total. The van der Waals surface area contributed by atoms with Crippen molar-refractivity contribution in [1.82, 2.24) is 9.71 Å². The molecule has 0 radical (unpaired) electrons. The van der Waals surface area contributed by atoms with E-state index in [4.69, 9.17) is 10.6 Å². The molecule has 3 aromatic rings. The number of nitrogens with zero attached hydrogens (tertiary/aromatic N) is 3. The second-order valence-corrected chi connectivity index (χ2v) is 7.05. The lowest BCUT2D eigenvalue weighted by Crippen LogP contribution is -2.65. The molecule has 1 aliphatic heterocycles. The van der Waals surface area contributed by atoms with Crippen molar-refractivity contribution in [2.75, 3.05) is 25.1 Å². The van der Waals surface area contributed by atoms with Gasteiger partial charge in [-0.1, -0.05) is 0 Å². The van der Waals surface area contributed by atoms with Crippen molar-refractivity contribution >= 4 is 33.6 Å². The van der Waals surface area contributed by atoms with Gasteiger partial charge in [0.25, 0.3) is 0 Å². The summed E-state index contributed by atoms with van der Waals surface area (Å²) in [6.07, 6.45) is 1.07. The minimum atomic E-state index is -1.38. The molecule has 140 valence electrons. The molecule has 3 N–H and O–H groups in total. The summed E-state index contributed by atoms with van der Waals surface area (Å²) in [5.74, 6) is -1.84. The third-order valence-electron chi connectivity index (χ3n) is 4.68. The first-order valence-corrected chi connectivity index (χ1v) is 8.21. The third kappa shape index (κ3) is 2.67. The highest BCUT2D eigenvalue weighted by atomic mass is 19.1. The lowest BCUT2D eigenvalue weighted by molar-refractivity contribution is 0.0691. The number of rotatable bonds is 3. The van der Waals surface area contributed by atoms with Gasteiger partial charge < -0.3 is 20.6 Å². The molecule has 0 aliphatic carbocycles. The fourth-order valence-corrected chi connectivity index (χ4v) is 3.42. The van der Waals surface area contributed by atoms with Crippen LogP contribution in [0.25, 0.3) is 21.9 Å². The fourth-order valence-electron chi connectivity index (χ4n) is 3.42. The lowest BCUT2D eigenvalue weighted by atomic mass is 9.93. The van der Waals surface area contributed by atoms with Crippen LogP contribution in [0.4, 0.5) is 10.1 Å². The summed E-state index contributed by atoms with van der Waals surface area (Å²) in [4.78, 5) is 35.1. The molecule has 3 heterocycles. The molecule has 4 rings (SSSR count). The Morgan fingerprint density at radius 1 is 1.37 bits per heavy atom. The van der Waals surface area contributed by atoms with E-state index in [0.717, 1.165) is 10.9 Å². The van der Waals surface area contributed by atoms with E-state index < -0.39 is 22.8 Å². The molecule has 2 aromatic heterocycles. The Hall–Kier alpha value is -3.20. The number of carboxylic acid groups (broad SMARTS) is 1. The van der Waals surface area contributed by atoms with Crippen LogP contribution in [-0.4, -0.2) is 46.5 Å². The topological polar surface area (TPSA) is 111 Å². The molecular weight excluding hydrogens is 355 g/mol. The summed E-state index contributed by atoms with van der Waals surface area (Å²) >= 11 is 0. The number of nitrogens with two attached hydrogens (primary N) is 1. The molecule has 9 heteroatoms. The summed E-state index contributed by atoms with van der Waals surface area (Å²) < 4.78 is 15.7. The summed E-state index contributed by atoms with van der Waals surface area (Å²) in [6.45, 7) is 2.94. The number of anilines is 1. The number of pyridine rings is 2. The van der Waals surface area contributed by atoms with Crippen LogP contribution in [0.1, 0.15) is 17.3 Å². The number of halogens is 1. The largest absolute Gasteiger partial charge is 0.477 e. The highest BCUT2D eigenvalue weighted by molar-refractivity contribution is 5.96. The van der Waals surface area contributed by atoms with Gasteiger partial charge in [0.2, 0.25) is 5.43 Å². The third-order valence-corrected chi connectivity index (χ3v) is 4.68. The number of hydrogen-bond acceptors (Lipinski definition) is 6. The van der Waals surface area contributed by atoms with Gasteiger partial charge in [-0.25, -0.2) is 14.2 Å². The Morgan fingerprint density at radius 3 is 2.67 bits per heavy atom. The molecule has 0 unspecified atom stereocenters. The van der Waals surface area contributed by atoms with Gasteiger partial charge in [0, 0.05) is 24.0 Å². The number of aromatic nitrogens is 2. The van der Waals surface area contributed by atoms with E-state index >= 15 is 0 Å². The van der Waals surface area contributed by atoms with Crippen molar-refractivity contribution < 1.29 is 19.1 Å². The average Bonchev–Trinajstić information content (AvgIpc) is 2.58. The Bertz CT molecular complexity index is 1160. The molecule has 1 saturated heterocycles. The molecule has 1 aliphatic rings. The highest BCUT2D eigenvalue weighted by Crippen LogP contribution is 2.31. The van der Waals surface area contributed by atoms with Crippen LogP contribution in [0.15, 0.2) is 29.2 Å². The second kappa shape index (κ2) is 5.65. The van der Waals surface area contributed by atoms with Gasteiger partial charge in [0.05, 0.1) is 22.8 Å². The summed E-state index contributed by atoms with van der Waals surface area (Å²) in [5.41, 5.74) is 5.48. The first-order valence-electron chi connectivity index (χ1n) is 8.21. The van der Waals surface area contributed by atoms with Crippen LogP contribution in [0, 0.1) is 5.82 Å². The van der Waals surface area contributed by atoms with Crippen molar-refractivity contribution in [2.24, 2.45) is 5.73 Å². The quantitative estimate of drug-likeness (QED) is 0.660. The zero-order valence-electron chi connectivity index (χ0n) is 14.7. The molecule has 1 aromatic carbocycles. The second-order valence-electron chi connectivity index (χ2n) is 7.05. The van der Waals surface area contributed by atoms with E-state index in [-0.39, 0.29) is 16.6 Å². The van der Waals surface area contributed by atoms with Gasteiger partial charge in [0.15, 0.2) is 5.65 Å². The summed E-state index contributed by atoms with van der Waals surface area (Å²) in [7, 11) is 1.33. The number of aromatic carboxylic acids is 1. The van der Waals surface area contributed by atoms with Gasteiger partial charge >= 0.3 is 5.97 Å². The van der Waals surface area contributed by atoms with Crippen LogP contribution in [0.3, 0.4) is 0 Å². The number of hydrogen-bond donors (Lipinski definition) is 2. The molecule has 27 heavy (non-hydrogen) atoms. The maximum absolute atomic E-state index is 14.6. The van der Waals surface area contributed by atoms with Crippen molar-refractivity contribution in [2.45, 2.75) is 12.5 Å². The number of carboxylic acids is 1. The predicted molar refractivity (Wildman–Crippen MR) is 97.7 cm³/mol. The zero-order valence-corrected chi connectivity index (χ0v) is 14.7. The molecular formula is C18H17FN4O4. The van der Waals surface area contributed by atoms with Crippen LogP contribution in [0.5, 0.6) is 0 Å². The van der Waals surface area contributed by atoms with E-state index in [1.54, 1.807) is 6.07 Å². The SMILES string of the molecule is COn1cc(C(=O)O)c(=O)c2cc3cc(F)c(N4CC(C)(N)C4)cc3nc21.